The van der Waals surface area contributed by atoms with Gasteiger partial charge in [0.25, 0.3) is 5.89 Å². The van der Waals surface area contributed by atoms with Crippen LogP contribution in [0.25, 0.3) is 22.7 Å². The third kappa shape index (κ3) is 2.75. The van der Waals surface area contributed by atoms with Crippen LogP contribution < -0.4 is 0 Å². The fourth-order valence-corrected chi connectivity index (χ4v) is 3.13. The highest BCUT2D eigenvalue weighted by molar-refractivity contribution is 9.10. The van der Waals surface area contributed by atoms with Crippen LogP contribution in [0.15, 0.2) is 43.2 Å². The van der Waals surface area contributed by atoms with Gasteiger partial charge in [-0.3, -0.25) is 4.68 Å². The van der Waals surface area contributed by atoms with Crippen LogP contribution >= 0.6 is 27.7 Å². The lowest BCUT2D eigenvalue weighted by molar-refractivity contribution is 0.486. The van der Waals surface area contributed by atoms with Gasteiger partial charge < -0.3 is 8.83 Å². The van der Waals surface area contributed by atoms with Gasteiger partial charge in [-0.05, 0) is 28.1 Å². The first-order valence-electron chi connectivity index (χ1n) is 6.54. The summed E-state index contributed by atoms with van der Waals surface area (Å²) in [7, 11) is 1.84. The van der Waals surface area contributed by atoms with Gasteiger partial charge in [0.1, 0.15) is 11.4 Å². The van der Waals surface area contributed by atoms with Gasteiger partial charge in [-0.25, -0.2) is 9.97 Å². The lowest BCUT2D eigenvalue weighted by Gasteiger charge is -1.99. The van der Waals surface area contributed by atoms with Crippen molar-refractivity contribution in [3.8, 4) is 11.7 Å². The number of halogens is 1. The molecular weight excluding hydrogens is 384 g/mol. The molecule has 4 aromatic rings. The molecule has 0 aliphatic rings. The Labute approximate surface area is 142 Å². The minimum Gasteiger partial charge on any atom is -0.444 e. The summed E-state index contributed by atoms with van der Waals surface area (Å²) < 4.78 is 13.3. The molecular formula is C13H9BrN6O2S. The summed E-state index contributed by atoms with van der Waals surface area (Å²) in [5.41, 5.74) is 0.786. The molecule has 4 aromatic heterocycles. The largest absolute Gasteiger partial charge is 0.444 e. The van der Waals surface area contributed by atoms with Crippen LogP contribution in [0.3, 0.4) is 0 Å². The number of hydrogen-bond acceptors (Lipinski definition) is 8. The van der Waals surface area contributed by atoms with Crippen molar-refractivity contribution in [3.05, 3.63) is 35.2 Å². The Bertz CT molecular complexity index is 978. The molecule has 0 aromatic carbocycles. The van der Waals surface area contributed by atoms with E-state index < -0.39 is 0 Å². The first kappa shape index (κ1) is 14.4. The molecule has 0 amide bonds. The Balaban J connectivity index is 1.54. The lowest BCUT2D eigenvalue weighted by Crippen LogP contribution is -1.93. The van der Waals surface area contributed by atoms with Crippen LogP contribution in [0.5, 0.6) is 0 Å². The fourth-order valence-electron chi connectivity index (χ4n) is 2.03. The zero-order chi connectivity index (χ0) is 15.8. The molecule has 116 valence electrons. The predicted octanol–water partition coefficient (Wildman–Crippen LogP) is 3.06. The van der Waals surface area contributed by atoms with Crippen molar-refractivity contribution in [2.45, 2.75) is 10.8 Å². The molecule has 23 heavy (non-hydrogen) atoms. The second-order valence-electron chi connectivity index (χ2n) is 4.58. The quantitative estimate of drug-likeness (QED) is 0.386. The average Bonchev–Trinajstić information content (AvgIpc) is 3.26. The van der Waals surface area contributed by atoms with Crippen molar-refractivity contribution in [3.63, 3.8) is 0 Å². The Morgan fingerprint density at radius 1 is 1.22 bits per heavy atom. The van der Waals surface area contributed by atoms with Crippen molar-refractivity contribution < 1.29 is 8.83 Å². The normalized spacial score (nSPS) is 11.4. The average molecular weight is 393 g/mol. The van der Waals surface area contributed by atoms with Crippen LogP contribution in [0.4, 0.5) is 0 Å². The van der Waals surface area contributed by atoms with Crippen LogP contribution in [0.1, 0.15) is 5.89 Å². The maximum absolute atomic E-state index is 5.60. The Morgan fingerprint density at radius 2 is 2.13 bits per heavy atom. The molecule has 0 bridgehead atoms. The summed E-state index contributed by atoms with van der Waals surface area (Å²) in [6.45, 7) is 0. The molecule has 8 nitrogen and oxygen atoms in total. The van der Waals surface area contributed by atoms with Gasteiger partial charge in [-0.2, -0.15) is 5.10 Å². The molecule has 4 rings (SSSR count). The van der Waals surface area contributed by atoms with Crippen LogP contribution in [0.2, 0.25) is 0 Å². The van der Waals surface area contributed by atoms with Crippen LogP contribution in [-0.2, 0) is 12.8 Å². The second-order valence-corrected chi connectivity index (χ2v) is 6.32. The van der Waals surface area contributed by atoms with Gasteiger partial charge in [0.2, 0.25) is 5.89 Å². The summed E-state index contributed by atoms with van der Waals surface area (Å²) in [4.78, 5) is 8.50. The molecule has 0 saturated carbocycles. The zero-order valence-electron chi connectivity index (χ0n) is 11.8. The molecule has 0 N–H and O–H groups in total. The predicted molar refractivity (Wildman–Crippen MR) is 85.6 cm³/mol. The highest BCUT2D eigenvalue weighted by Gasteiger charge is 2.14. The fraction of sp³-hybridized carbons (Fsp3) is 0.154. The molecule has 0 atom stereocenters. The molecule has 10 heteroatoms. The Hall–Kier alpha value is -2.20. The van der Waals surface area contributed by atoms with E-state index >= 15 is 0 Å². The summed E-state index contributed by atoms with van der Waals surface area (Å²) in [5, 5.41) is 13.9. The van der Waals surface area contributed by atoms with Crippen molar-refractivity contribution in [1.82, 2.24) is 29.9 Å². The Kier molecular flexibility index (Phi) is 3.62. The van der Waals surface area contributed by atoms with Gasteiger partial charge in [-0.1, -0.05) is 11.8 Å². The molecule has 0 unspecified atom stereocenters. The minimum atomic E-state index is 0.348. The minimum absolute atomic E-state index is 0.348. The number of rotatable bonds is 4. The van der Waals surface area contributed by atoms with Crippen molar-refractivity contribution >= 4 is 38.7 Å². The zero-order valence-corrected chi connectivity index (χ0v) is 14.2. The molecule has 4 heterocycles. The van der Waals surface area contributed by atoms with Gasteiger partial charge in [0.05, 0.1) is 17.3 Å². The lowest BCUT2D eigenvalue weighted by atomic mass is 10.4. The molecule has 0 fully saturated rings. The number of aryl methyl sites for hydroxylation is 1. The van der Waals surface area contributed by atoms with Crippen molar-refractivity contribution in [2.75, 3.05) is 0 Å². The van der Waals surface area contributed by atoms with E-state index in [1.54, 1.807) is 23.0 Å². The maximum Gasteiger partial charge on any atom is 0.283 e. The van der Waals surface area contributed by atoms with E-state index in [4.69, 9.17) is 8.83 Å². The number of hydrogen-bond donors (Lipinski definition) is 0. The van der Waals surface area contributed by atoms with E-state index in [-0.39, 0.29) is 0 Å². The molecule has 0 aliphatic carbocycles. The first-order chi connectivity index (χ1) is 11.2. The summed E-state index contributed by atoms with van der Waals surface area (Å²) in [6, 6.07) is 3.53. The van der Waals surface area contributed by atoms with Gasteiger partial charge in [-0.15, -0.1) is 10.2 Å². The number of nitrogens with zero attached hydrogens (tertiary/aromatic N) is 6. The van der Waals surface area contributed by atoms with Gasteiger partial charge >= 0.3 is 0 Å². The number of aromatic nitrogens is 6. The molecule has 0 saturated heterocycles. The molecule has 0 radical (unpaired) electrons. The third-order valence-corrected chi connectivity index (χ3v) is 4.49. The highest BCUT2D eigenvalue weighted by Crippen LogP contribution is 2.28. The summed E-state index contributed by atoms with van der Waals surface area (Å²) >= 11 is 4.73. The van der Waals surface area contributed by atoms with Crippen molar-refractivity contribution in [2.24, 2.45) is 7.05 Å². The number of fused-ring (bicyclic) bond motifs is 1. The summed E-state index contributed by atoms with van der Waals surface area (Å²) in [5.74, 6) is 1.86. The smallest absolute Gasteiger partial charge is 0.283 e. The molecule has 0 aliphatic heterocycles. The van der Waals surface area contributed by atoms with Crippen LogP contribution in [0, 0.1) is 0 Å². The molecule has 0 spiro atoms. The van der Waals surface area contributed by atoms with Gasteiger partial charge in [0.15, 0.2) is 16.1 Å². The SMILES string of the molecule is Cn1ncc2c(SCc3nnc(-c4ccc(Br)o4)o3)ncnc21. The Morgan fingerprint density at radius 3 is 2.96 bits per heavy atom. The van der Waals surface area contributed by atoms with E-state index in [2.05, 4.69) is 41.2 Å². The second kappa shape index (κ2) is 5.78. The van der Waals surface area contributed by atoms with E-state index in [0.29, 0.717) is 28.0 Å². The number of furan rings is 1. The van der Waals surface area contributed by atoms with E-state index in [1.165, 1.54) is 18.1 Å². The first-order valence-corrected chi connectivity index (χ1v) is 8.32. The standard InChI is InChI=1S/C13H9BrN6O2S/c1-20-11-7(4-17-20)13(16-6-15-11)23-5-10-18-19-12(22-10)8-2-3-9(14)21-8/h2-4,6H,5H2,1H3. The van der Waals surface area contributed by atoms with Crippen molar-refractivity contribution in [1.29, 1.82) is 0 Å². The van der Waals surface area contributed by atoms with E-state index in [0.717, 1.165) is 16.1 Å². The maximum atomic E-state index is 5.60. The van der Waals surface area contributed by atoms with Crippen LogP contribution in [-0.4, -0.2) is 29.9 Å². The summed E-state index contributed by atoms with van der Waals surface area (Å²) in [6.07, 6.45) is 3.27. The number of thioether (sulfide) groups is 1. The van der Waals surface area contributed by atoms with E-state index in [1.807, 2.05) is 7.05 Å². The van der Waals surface area contributed by atoms with E-state index in [9.17, 15) is 0 Å². The third-order valence-electron chi connectivity index (χ3n) is 3.08. The topological polar surface area (TPSA) is 95.7 Å². The monoisotopic (exact) mass is 392 g/mol. The van der Waals surface area contributed by atoms with Gasteiger partial charge in [0, 0.05) is 7.05 Å². The highest BCUT2D eigenvalue weighted by atomic mass is 79.9.